The fourth-order valence-electron chi connectivity index (χ4n) is 1.66. The van der Waals surface area contributed by atoms with Crippen LogP contribution in [0.5, 0.6) is 0 Å². The fraction of sp³-hybridized carbons (Fsp3) is 0.500. The van der Waals surface area contributed by atoms with Crippen LogP contribution >= 0.6 is 0 Å². The van der Waals surface area contributed by atoms with Crippen molar-refractivity contribution in [2.45, 2.75) is 25.9 Å². The van der Waals surface area contributed by atoms with Gasteiger partial charge in [0.15, 0.2) is 0 Å². The highest BCUT2D eigenvalue weighted by atomic mass is 32.2. The van der Waals surface area contributed by atoms with E-state index in [-0.39, 0.29) is 17.0 Å². The minimum Gasteiger partial charge on any atom is -0.330 e. The van der Waals surface area contributed by atoms with Gasteiger partial charge in [0.1, 0.15) is 0 Å². The smallest absolute Gasteiger partial charge is 0.330 e. The summed E-state index contributed by atoms with van der Waals surface area (Å²) in [7, 11) is -3.65. The van der Waals surface area contributed by atoms with Gasteiger partial charge in [0.05, 0.1) is 11.3 Å². The van der Waals surface area contributed by atoms with Crippen LogP contribution in [0.2, 0.25) is 0 Å². The van der Waals surface area contributed by atoms with E-state index in [0.29, 0.717) is 19.4 Å². The van der Waals surface area contributed by atoms with E-state index in [0.717, 1.165) is 6.07 Å². The van der Waals surface area contributed by atoms with Gasteiger partial charge in [-0.25, -0.2) is 8.42 Å². The van der Waals surface area contributed by atoms with Gasteiger partial charge in [-0.15, -0.1) is 0 Å². The molecule has 0 aliphatic rings. The van der Waals surface area contributed by atoms with Crippen LogP contribution in [-0.2, 0) is 16.2 Å². The molecule has 0 saturated carbocycles. The van der Waals surface area contributed by atoms with Crippen molar-refractivity contribution in [2.24, 2.45) is 5.73 Å². The number of sulfonamides is 1. The van der Waals surface area contributed by atoms with Crippen LogP contribution in [0, 0.1) is 6.92 Å². The number of unbranched alkanes of at least 4 members (excludes halogenated alkanes) is 1. The van der Waals surface area contributed by atoms with Gasteiger partial charge in [0.2, 0.25) is 10.0 Å². The third kappa shape index (κ3) is 5.01. The third-order valence-corrected chi connectivity index (χ3v) is 4.06. The van der Waals surface area contributed by atoms with Crippen LogP contribution < -0.4 is 10.5 Å². The van der Waals surface area contributed by atoms with Crippen molar-refractivity contribution in [3.63, 3.8) is 0 Å². The molecule has 3 N–H and O–H groups in total. The number of aryl methyl sites for hydroxylation is 1. The summed E-state index contributed by atoms with van der Waals surface area (Å²) in [5, 5.41) is 0. The van der Waals surface area contributed by atoms with Crippen LogP contribution in [0.25, 0.3) is 0 Å². The predicted octanol–water partition coefficient (Wildman–Crippen LogP) is 2.49. The molecule has 0 bridgehead atoms. The van der Waals surface area contributed by atoms with E-state index in [1.807, 2.05) is 0 Å². The first-order valence-corrected chi connectivity index (χ1v) is 7.69. The Kier molecular flexibility index (Phi) is 5.41. The Hall–Kier alpha value is -1.28. The second-order valence-corrected chi connectivity index (χ2v) is 6.29. The Morgan fingerprint density at radius 2 is 1.90 bits per heavy atom. The second kappa shape index (κ2) is 6.45. The van der Waals surface area contributed by atoms with Crippen molar-refractivity contribution >= 4 is 15.7 Å². The minimum atomic E-state index is -4.51. The van der Waals surface area contributed by atoms with Gasteiger partial charge in [-0.1, -0.05) is 6.07 Å². The van der Waals surface area contributed by atoms with E-state index in [4.69, 9.17) is 5.73 Å². The molecule has 1 rings (SSSR count). The summed E-state index contributed by atoms with van der Waals surface area (Å²) in [6.07, 6.45) is -3.60. The van der Waals surface area contributed by atoms with Crippen molar-refractivity contribution in [3.05, 3.63) is 29.3 Å². The Morgan fingerprint density at radius 1 is 1.25 bits per heavy atom. The maximum absolute atomic E-state index is 12.7. The third-order valence-electron chi connectivity index (χ3n) is 2.68. The molecule has 0 amide bonds. The fourth-order valence-corrected chi connectivity index (χ4v) is 2.83. The standard InChI is InChI=1S/C12H17F3N2O2S/c1-9-4-5-10(8-11(9)12(13,14)15)17-20(18,19)7-3-2-6-16/h4-5,8,17H,2-3,6-7,16H2,1H3. The topological polar surface area (TPSA) is 72.2 Å². The minimum absolute atomic E-state index is 0.0450. The van der Waals surface area contributed by atoms with E-state index in [2.05, 4.69) is 4.72 Å². The van der Waals surface area contributed by atoms with Crippen LogP contribution in [-0.4, -0.2) is 20.7 Å². The summed E-state index contributed by atoms with van der Waals surface area (Å²) in [4.78, 5) is 0. The summed E-state index contributed by atoms with van der Waals surface area (Å²) in [6, 6.07) is 3.35. The van der Waals surface area contributed by atoms with Crippen molar-refractivity contribution < 1.29 is 21.6 Å². The molecule has 114 valence electrons. The number of anilines is 1. The first-order valence-electron chi connectivity index (χ1n) is 6.04. The quantitative estimate of drug-likeness (QED) is 0.793. The lowest BCUT2D eigenvalue weighted by molar-refractivity contribution is -0.138. The van der Waals surface area contributed by atoms with Gasteiger partial charge in [-0.2, -0.15) is 13.2 Å². The predicted molar refractivity (Wildman–Crippen MR) is 71.9 cm³/mol. The Morgan fingerprint density at radius 3 is 2.45 bits per heavy atom. The Labute approximate surface area is 116 Å². The lowest BCUT2D eigenvalue weighted by Gasteiger charge is -2.13. The highest BCUT2D eigenvalue weighted by Gasteiger charge is 2.32. The number of alkyl halides is 3. The zero-order valence-electron chi connectivity index (χ0n) is 11.0. The van der Waals surface area contributed by atoms with Gasteiger partial charge >= 0.3 is 6.18 Å². The number of hydrogen-bond acceptors (Lipinski definition) is 3. The largest absolute Gasteiger partial charge is 0.416 e. The highest BCUT2D eigenvalue weighted by molar-refractivity contribution is 7.92. The molecule has 1 aromatic carbocycles. The molecule has 0 heterocycles. The average Bonchev–Trinajstić information content (AvgIpc) is 2.30. The van der Waals surface area contributed by atoms with Gasteiger partial charge in [-0.3, -0.25) is 4.72 Å². The molecule has 0 aliphatic heterocycles. The van der Waals surface area contributed by atoms with Crippen molar-refractivity contribution in [1.82, 2.24) is 0 Å². The monoisotopic (exact) mass is 310 g/mol. The first kappa shape index (κ1) is 16.8. The lowest BCUT2D eigenvalue weighted by atomic mass is 10.1. The van der Waals surface area contributed by atoms with E-state index in [1.165, 1.54) is 19.1 Å². The molecule has 0 spiro atoms. The van der Waals surface area contributed by atoms with E-state index >= 15 is 0 Å². The summed E-state index contributed by atoms with van der Waals surface area (Å²) < 4.78 is 63.7. The van der Waals surface area contributed by atoms with Crippen LogP contribution in [0.3, 0.4) is 0 Å². The van der Waals surface area contributed by atoms with Gasteiger partial charge in [0, 0.05) is 5.69 Å². The number of halogens is 3. The summed E-state index contributed by atoms with van der Waals surface area (Å²) in [5.41, 5.74) is 4.36. The SMILES string of the molecule is Cc1ccc(NS(=O)(=O)CCCCN)cc1C(F)(F)F. The number of hydrogen-bond donors (Lipinski definition) is 2. The lowest BCUT2D eigenvalue weighted by Crippen LogP contribution is -2.18. The molecule has 4 nitrogen and oxygen atoms in total. The van der Waals surface area contributed by atoms with Crippen LogP contribution in [0.4, 0.5) is 18.9 Å². The van der Waals surface area contributed by atoms with Gasteiger partial charge in [-0.05, 0) is 44.0 Å². The first-order chi connectivity index (χ1) is 9.15. The van der Waals surface area contributed by atoms with Gasteiger partial charge < -0.3 is 5.73 Å². The van der Waals surface area contributed by atoms with E-state index < -0.39 is 21.8 Å². The van der Waals surface area contributed by atoms with E-state index in [9.17, 15) is 21.6 Å². The summed E-state index contributed by atoms with van der Waals surface area (Å²) >= 11 is 0. The van der Waals surface area contributed by atoms with Crippen LogP contribution in [0.15, 0.2) is 18.2 Å². The zero-order chi connectivity index (χ0) is 15.4. The molecule has 20 heavy (non-hydrogen) atoms. The molecule has 0 atom stereocenters. The second-order valence-electron chi connectivity index (χ2n) is 4.44. The maximum Gasteiger partial charge on any atom is 0.416 e. The average molecular weight is 310 g/mol. The number of nitrogens with one attached hydrogen (secondary N) is 1. The van der Waals surface area contributed by atoms with Crippen molar-refractivity contribution in [3.8, 4) is 0 Å². The molecule has 0 radical (unpaired) electrons. The van der Waals surface area contributed by atoms with Crippen LogP contribution in [0.1, 0.15) is 24.0 Å². The normalized spacial score (nSPS) is 12.4. The molecule has 0 fully saturated rings. The molecular formula is C12H17F3N2O2S. The number of rotatable bonds is 6. The molecule has 0 unspecified atom stereocenters. The molecule has 0 aliphatic carbocycles. The highest BCUT2D eigenvalue weighted by Crippen LogP contribution is 2.33. The summed E-state index contributed by atoms with van der Waals surface area (Å²) in [5.74, 6) is -0.167. The van der Waals surface area contributed by atoms with Crippen molar-refractivity contribution in [1.29, 1.82) is 0 Å². The maximum atomic E-state index is 12.7. The molecule has 1 aromatic rings. The van der Waals surface area contributed by atoms with Gasteiger partial charge in [0.25, 0.3) is 0 Å². The molecule has 0 saturated heterocycles. The molecular weight excluding hydrogens is 293 g/mol. The number of benzene rings is 1. The Bertz CT molecular complexity index is 556. The van der Waals surface area contributed by atoms with E-state index in [1.54, 1.807) is 0 Å². The molecule has 0 aromatic heterocycles. The molecule has 8 heteroatoms. The Balaban J connectivity index is 2.88. The van der Waals surface area contributed by atoms with Crippen molar-refractivity contribution in [2.75, 3.05) is 17.0 Å². The summed E-state index contributed by atoms with van der Waals surface area (Å²) in [6.45, 7) is 1.70. The number of nitrogens with two attached hydrogens (primary N) is 1. The zero-order valence-corrected chi connectivity index (χ0v) is 11.8.